The average molecular weight is 405 g/mol. The van der Waals surface area contributed by atoms with Crippen molar-refractivity contribution in [2.75, 3.05) is 25.0 Å². The first-order valence-corrected chi connectivity index (χ1v) is 9.24. The molecule has 0 aromatic carbocycles. The van der Waals surface area contributed by atoms with Crippen LogP contribution >= 0.6 is 11.8 Å². The molecule has 0 amide bonds. The summed E-state index contributed by atoms with van der Waals surface area (Å²) < 4.78 is 16.6. The van der Waals surface area contributed by atoms with Gasteiger partial charge in [0.15, 0.2) is 17.1 Å². The predicted octanol–water partition coefficient (Wildman–Crippen LogP) is 1.80. The molecule has 2 aliphatic heterocycles. The van der Waals surface area contributed by atoms with Crippen LogP contribution in [-0.4, -0.2) is 56.6 Å². The Labute approximate surface area is 162 Å². The highest BCUT2D eigenvalue weighted by molar-refractivity contribution is 8.02. The molecule has 28 heavy (non-hydrogen) atoms. The summed E-state index contributed by atoms with van der Waals surface area (Å²) in [6.45, 7) is 1.88. The minimum atomic E-state index is -1.38. The van der Waals surface area contributed by atoms with Crippen molar-refractivity contribution in [2.24, 2.45) is 5.16 Å². The van der Waals surface area contributed by atoms with Crippen LogP contribution in [-0.2, 0) is 0 Å². The molecule has 4 rings (SSSR count). The van der Waals surface area contributed by atoms with E-state index in [-0.39, 0.29) is 41.0 Å². The molecule has 0 aliphatic carbocycles. The minimum absolute atomic E-state index is 0.0345. The molecule has 2 aromatic rings. The Morgan fingerprint density at radius 2 is 2.14 bits per heavy atom. The zero-order chi connectivity index (χ0) is 20.2. The number of rotatable bonds is 3. The Hall–Kier alpha value is -3.08. The van der Waals surface area contributed by atoms with Crippen LogP contribution in [0.15, 0.2) is 27.8 Å². The number of pyridine rings is 2. The maximum atomic E-state index is 15.0. The number of anilines is 1. The van der Waals surface area contributed by atoms with Gasteiger partial charge >= 0.3 is 5.97 Å². The van der Waals surface area contributed by atoms with E-state index in [1.54, 1.807) is 9.47 Å². The lowest BCUT2D eigenvalue weighted by Gasteiger charge is -2.33. The van der Waals surface area contributed by atoms with Crippen molar-refractivity contribution in [2.45, 2.75) is 12.4 Å². The average Bonchev–Trinajstić information content (AvgIpc) is 3.03. The number of nitrogens with zero attached hydrogens (tertiary/aromatic N) is 5. The number of aromatic nitrogens is 2. The number of thioether (sulfide) groups is 1. The van der Waals surface area contributed by atoms with E-state index in [1.807, 2.05) is 23.6 Å². The Morgan fingerprint density at radius 3 is 2.71 bits per heavy atom. The first kappa shape index (κ1) is 18.3. The maximum Gasteiger partial charge on any atom is 0.341 e. The van der Waals surface area contributed by atoms with Crippen molar-refractivity contribution in [3.63, 3.8) is 0 Å². The highest BCUT2D eigenvalue weighted by atomic mass is 32.2. The second-order valence-electron chi connectivity index (χ2n) is 6.59. The lowest BCUT2D eigenvalue weighted by Crippen LogP contribution is -2.48. The summed E-state index contributed by atoms with van der Waals surface area (Å²) in [5.74, 6) is -2.04. The molecule has 0 bridgehead atoms. The highest BCUT2D eigenvalue weighted by Crippen LogP contribution is 2.36. The topological polar surface area (TPSA) is 111 Å². The largest absolute Gasteiger partial charge is 0.477 e. The zero-order valence-electron chi connectivity index (χ0n) is 15.0. The van der Waals surface area contributed by atoms with Crippen molar-refractivity contribution in [3.05, 3.63) is 45.0 Å². The number of oxime groups is 1. The molecule has 146 valence electrons. The molecule has 11 heteroatoms. The summed E-state index contributed by atoms with van der Waals surface area (Å²) in [5.41, 5.74) is -0.843. The number of aryl methyl sites for hydroxylation is 1. The van der Waals surface area contributed by atoms with Crippen LogP contribution in [0.5, 0.6) is 0 Å². The van der Waals surface area contributed by atoms with Crippen molar-refractivity contribution < 1.29 is 19.5 Å². The second-order valence-corrected chi connectivity index (χ2v) is 7.56. The Bertz CT molecular complexity index is 1120. The molecule has 1 unspecified atom stereocenters. The van der Waals surface area contributed by atoms with Gasteiger partial charge in [0.25, 0.3) is 0 Å². The molecule has 1 fully saturated rings. The fraction of sp³-hybridized carbons (Fsp3) is 0.294. The molecule has 0 radical (unpaired) electrons. The van der Waals surface area contributed by atoms with E-state index in [1.165, 1.54) is 24.9 Å². The van der Waals surface area contributed by atoms with Gasteiger partial charge in [0.2, 0.25) is 5.43 Å². The summed E-state index contributed by atoms with van der Waals surface area (Å²) >= 11 is 1.41. The summed E-state index contributed by atoms with van der Waals surface area (Å²) in [4.78, 5) is 32.2. The summed E-state index contributed by atoms with van der Waals surface area (Å²) in [7, 11) is 1.81. The number of halogens is 1. The maximum absolute atomic E-state index is 15.0. The Balaban J connectivity index is 2.01. The summed E-state index contributed by atoms with van der Waals surface area (Å²) in [6, 6.07) is 0. The number of carboxylic acids is 1. The third-order valence-electron chi connectivity index (χ3n) is 4.82. The standard InChI is InChI=1S/C17H16FN5O4S/c1-8-11-13(24)10(16(25)26)7-23(17-21(2)3-4-28-17)14(11)19-15(12(8)18)22-5-9(6-22)20-27/h3-4,7,17,27H,5-6H2,1-2H3,(H,25,26). The molecule has 0 spiro atoms. The molecule has 4 heterocycles. The minimum Gasteiger partial charge on any atom is -0.477 e. The smallest absolute Gasteiger partial charge is 0.341 e. The fourth-order valence-electron chi connectivity index (χ4n) is 3.27. The van der Waals surface area contributed by atoms with Crippen LogP contribution in [0.3, 0.4) is 0 Å². The number of hydrogen-bond donors (Lipinski definition) is 2. The summed E-state index contributed by atoms with van der Waals surface area (Å²) in [5, 5.41) is 23.2. The van der Waals surface area contributed by atoms with E-state index in [2.05, 4.69) is 10.1 Å². The van der Waals surface area contributed by atoms with Gasteiger partial charge in [-0.1, -0.05) is 16.9 Å². The van der Waals surface area contributed by atoms with Gasteiger partial charge in [-0.05, 0) is 12.3 Å². The van der Waals surface area contributed by atoms with Crippen LogP contribution in [0.25, 0.3) is 11.0 Å². The van der Waals surface area contributed by atoms with E-state index < -0.39 is 22.8 Å². The van der Waals surface area contributed by atoms with E-state index in [4.69, 9.17) is 5.21 Å². The molecular formula is C17H16FN5O4S. The third-order valence-corrected chi connectivity index (χ3v) is 5.90. The van der Waals surface area contributed by atoms with E-state index in [9.17, 15) is 14.7 Å². The molecule has 1 saturated heterocycles. The number of carboxylic acid groups (broad SMARTS) is 1. The molecule has 1 atom stereocenters. The van der Waals surface area contributed by atoms with Crippen LogP contribution in [0.4, 0.5) is 10.2 Å². The number of fused-ring (bicyclic) bond motifs is 1. The van der Waals surface area contributed by atoms with Crippen molar-refractivity contribution in [1.29, 1.82) is 0 Å². The zero-order valence-corrected chi connectivity index (χ0v) is 15.8. The van der Waals surface area contributed by atoms with Crippen molar-refractivity contribution in [3.8, 4) is 0 Å². The van der Waals surface area contributed by atoms with Crippen molar-refractivity contribution >= 4 is 40.3 Å². The summed E-state index contributed by atoms with van der Waals surface area (Å²) in [6.07, 6.45) is 3.06. The van der Waals surface area contributed by atoms with Gasteiger partial charge < -0.3 is 24.7 Å². The quantitative estimate of drug-likeness (QED) is 0.587. The molecule has 2 aliphatic rings. The Kier molecular flexibility index (Phi) is 4.26. The lowest BCUT2D eigenvalue weighted by molar-refractivity contribution is 0.0694. The molecule has 0 saturated carbocycles. The number of hydrogen-bond acceptors (Lipinski definition) is 8. The molecule has 2 N–H and O–H groups in total. The SMILES string of the molecule is Cc1c(F)c(N2CC(=NO)C2)nc2c1c(=O)c(C(=O)O)cn2C1SC=CN1C. The van der Waals surface area contributed by atoms with Gasteiger partial charge in [0, 0.05) is 25.0 Å². The van der Waals surface area contributed by atoms with Crippen molar-refractivity contribution in [1.82, 2.24) is 14.5 Å². The van der Waals surface area contributed by atoms with Crippen LogP contribution in [0.1, 0.15) is 21.4 Å². The van der Waals surface area contributed by atoms with Gasteiger partial charge in [-0.15, -0.1) is 0 Å². The monoisotopic (exact) mass is 405 g/mol. The normalized spacial score (nSPS) is 18.7. The van der Waals surface area contributed by atoms with E-state index in [0.29, 0.717) is 5.71 Å². The first-order chi connectivity index (χ1) is 13.3. The lowest BCUT2D eigenvalue weighted by atomic mass is 10.1. The molecular weight excluding hydrogens is 389 g/mol. The van der Waals surface area contributed by atoms with E-state index in [0.717, 1.165) is 0 Å². The Morgan fingerprint density at radius 1 is 1.43 bits per heavy atom. The van der Waals surface area contributed by atoms with Gasteiger partial charge in [0.05, 0.1) is 24.2 Å². The second kappa shape index (κ2) is 6.51. The predicted molar refractivity (Wildman–Crippen MR) is 103 cm³/mol. The van der Waals surface area contributed by atoms with Gasteiger partial charge in [0.1, 0.15) is 11.2 Å². The number of carbonyl (C=O) groups is 1. The van der Waals surface area contributed by atoms with Gasteiger partial charge in [-0.25, -0.2) is 14.2 Å². The van der Waals surface area contributed by atoms with Crippen LogP contribution in [0, 0.1) is 12.7 Å². The molecule has 9 nitrogen and oxygen atoms in total. The third kappa shape index (κ3) is 2.61. The van der Waals surface area contributed by atoms with Gasteiger partial charge in [-0.2, -0.15) is 0 Å². The van der Waals surface area contributed by atoms with Crippen LogP contribution < -0.4 is 10.3 Å². The fourth-order valence-corrected chi connectivity index (χ4v) is 4.23. The first-order valence-electron chi connectivity index (χ1n) is 8.30. The number of aromatic carboxylic acids is 1. The molecule has 2 aromatic heterocycles. The van der Waals surface area contributed by atoms with Gasteiger partial charge in [-0.3, -0.25) is 4.79 Å². The van der Waals surface area contributed by atoms with E-state index >= 15 is 4.39 Å². The highest BCUT2D eigenvalue weighted by Gasteiger charge is 2.31. The van der Waals surface area contributed by atoms with Crippen LogP contribution in [0.2, 0.25) is 0 Å².